The molecule has 1 saturated heterocycles. The van der Waals surface area contributed by atoms with Crippen LogP contribution >= 0.6 is 0 Å². The van der Waals surface area contributed by atoms with Crippen LogP contribution in [0.3, 0.4) is 0 Å². The Balaban J connectivity index is 1.58. The highest BCUT2D eigenvalue weighted by atomic mass is 19.1. The third kappa shape index (κ3) is 4.40. The third-order valence-electron chi connectivity index (χ3n) is 4.07. The summed E-state index contributed by atoms with van der Waals surface area (Å²) < 4.78 is 24.1. The van der Waals surface area contributed by atoms with Crippen molar-refractivity contribution in [3.05, 3.63) is 35.5 Å². The highest BCUT2D eigenvalue weighted by Gasteiger charge is 2.19. The zero-order valence-corrected chi connectivity index (χ0v) is 14.4. The molecule has 1 aromatic carbocycles. The lowest BCUT2D eigenvalue weighted by Gasteiger charge is -2.28. The molecule has 0 spiro atoms. The van der Waals surface area contributed by atoms with Crippen molar-refractivity contribution in [2.45, 2.75) is 13.5 Å². The van der Waals surface area contributed by atoms with Crippen molar-refractivity contribution in [2.75, 3.05) is 39.9 Å². The van der Waals surface area contributed by atoms with E-state index >= 15 is 0 Å². The summed E-state index contributed by atoms with van der Waals surface area (Å²) >= 11 is 0. The van der Waals surface area contributed by atoms with Gasteiger partial charge in [0.25, 0.3) is 0 Å². The second kappa shape index (κ2) is 7.71. The van der Waals surface area contributed by atoms with E-state index < -0.39 is 0 Å². The maximum atomic E-state index is 13.7. The molecule has 1 aromatic heterocycles. The third-order valence-corrected chi connectivity index (χ3v) is 4.07. The molecule has 0 atom stereocenters. The minimum atomic E-state index is -0.308. The van der Waals surface area contributed by atoms with Gasteiger partial charge in [0, 0.05) is 18.7 Å². The topological polar surface area (TPSA) is 71.7 Å². The Bertz CT molecular complexity index is 743. The number of aryl methyl sites for hydroxylation is 1. The number of hydrogen-bond donors (Lipinski definition) is 0. The number of halogens is 1. The lowest BCUT2D eigenvalue weighted by molar-refractivity contribution is -0.136. The quantitative estimate of drug-likeness (QED) is 0.815. The number of morpholine rings is 1. The summed E-state index contributed by atoms with van der Waals surface area (Å²) in [4.78, 5) is 20.1. The second-order valence-electron chi connectivity index (χ2n) is 6.14. The van der Waals surface area contributed by atoms with E-state index in [-0.39, 0.29) is 18.3 Å². The summed E-state index contributed by atoms with van der Waals surface area (Å²) in [5.74, 6) is 0.457. The predicted molar refractivity (Wildman–Crippen MR) is 88.2 cm³/mol. The number of ether oxygens (including phenoxy) is 1. The summed E-state index contributed by atoms with van der Waals surface area (Å²) in [5, 5.41) is 3.89. The first-order chi connectivity index (χ1) is 12.0. The van der Waals surface area contributed by atoms with Gasteiger partial charge in [-0.25, -0.2) is 4.39 Å². The van der Waals surface area contributed by atoms with Gasteiger partial charge in [-0.05, 0) is 25.6 Å². The van der Waals surface area contributed by atoms with E-state index in [1.165, 1.54) is 6.07 Å². The first-order valence-corrected chi connectivity index (χ1v) is 8.16. The molecule has 25 heavy (non-hydrogen) atoms. The maximum Gasteiger partial charge on any atom is 0.241 e. The van der Waals surface area contributed by atoms with Gasteiger partial charge >= 0.3 is 0 Å². The lowest BCUT2D eigenvalue weighted by atomic mass is 10.1. The number of carbonyl (C=O) groups excluding carboxylic acids is 1. The standard InChI is InChI=1S/C17H21FN4O3/c1-12-3-4-13(9-14(12)18)17-19-15(25-20-17)10-21(2)11-16(23)22-5-7-24-8-6-22/h3-4,9H,5-8,10-11H2,1-2H3. The molecule has 0 bridgehead atoms. The van der Waals surface area contributed by atoms with Crippen molar-refractivity contribution in [1.29, 1.82) is 0 Å². The van der Waals surface area contributed by atoms with Crippen LogP contribution in [0.1, 0.15) is 11.5 Å². The van der Waals surface area contributed by atoms with E-state index in [2.05, 4.69) is 10.1 Å². The van der Waals surface area contributed by atoms with Crippen molar-refractivity contribution in [3.63, 3.8) is 0 Å². The number of rotatable bonds is 5. The highest BCUT2D eigenvalue weighted by molar-refractivity contribution is 5.78. The second-order valence-corrected chi connectivity index (χ2v) is 6.14. The van der Waals surface area contributed by atoms with Gasteiger partial charge in [-0.3, -0.25) is 9.69 Å². The van der Waals surface area contributed by atoms with Crippen LogP contribution in [0.25, 0.3) is 11.4 Å². The average molecular weight is 348 g/mol. The molecule has 2 aromatic rings. The molecular weight excluding hydrogens is 327 g/mol. The van der Waals surface area contributed by atoms with Crippen LogP contribution in [0.4, 0.5) is 4.39 Å². The summed E-state index contributed by atoms with van der Waals surface area (Å²) in [6.45, 7) is 4.70. The number of benzene rings is 1. The fourth-order valence-corrected chi connectivity index (χ4v) is 2.60. The molecule has 8 heteroatoms. The maximum absolute atomic E-state index is 13.7. The van der Waals surface area contributed by atoms with Gasteiger partial charge in [-0.1, -0.05) is 17.3 Å². The summed E-state index contributed by atoms with van der Waals surface area (Å²) in [7, 11) is 1.81. The Morgan fingerprint density at radius 2 is 2.12 bits per heavy atom. The van der Waals surface area contributed by atoms with Gasteiger partial charge in [-0.2, -0.15) is 4.98 Å². The monoisotopic (exact) mass is 348 g/mol. The normalized spacial score (nSPS) is 15.0. The minimum Gasteiger partial charge on any atom is -0.378 e. The molecule has 2 heterocycles. The molecule has 1 aliphatic rings. The highest BCUT2D eigenvalue weighted by Crippen LogP contribution is 2.19. The number of nitrogens with zero attached hydrogens (tertiary/aromatic N) is 4. The van der Waals surface area contributed by atoms with Crippen LogP contribution in [0.2, 0.25) is 0 Å². The number of aromatic nitrogens is 2. The van der Waals surface area contributed by atoms with Crippen molar-refractivity contribution in [1.82, 2.24) is 19.9 Å². The van der Waals surface area contributed by atoms with Crippen LogP contribution in [-0.2, 0) is 16.1 Å². The first kappa shape index (κ1) is 17.5. The van der Waals surface area contributed by atoms with Crippen LogP contribution in [0, 0.1) is 12.7 Å². The van der Waals surface area contributed by atoms with Crippen LogP contribution in [0.15, 0.2) is 22.7 Å². The van der Waals surface area contributed by atoms with Crippen molar-refractivity contribution < 1.29 is 18.4 Å². The molecule has 0 unspecified atom stereocenters. The molecule has 1 aliphatic heterocycles. The Hall–Kier alpha value is -2.32. The number of amides is 1. The predicted octanol–water partition coefficient (Wildman–Crippen LogP) is 1.47. The van der Waals surface area contributed by atoms with Gasteiger partial charge in [-0.15, -0.1) is 0 Å². The molecule has 0 N–H and O–H groups in total. The van der Waals surface area contributed by atoms with Gasteiger partial charge in [0.05, 0.1) is 26.3 Å². The molecule has 7 nitrogen and oxygen atoms in total. The Morgan fingerprint density at radius 1 is 1.36 bits per heavy atom. The SMILES string of the molecule is Cc1ccc(-c2noc(CN(C)CC(=O)N3CCOCC3)n2)cc1F. The Labute approximate surface area is 145 Å². The zero-order chi connectivity index (χ0) is 17.8. The first-order valence-electron chi connectivity index (χ1n) is 8.16. The van der Waals surface area contributed by atoms with Gasteiger partial charge < -0.3 is 14.2 Å². The van der Waals surface area contributed by atoms with Crippen molar-refractivity contribution >= 4 is 5.91 Å². The average Bonchev–Trinajstić information content (AvgIpc) is 3.06. The van der Waals surface area contributed by atoms with E-state index in [0.29, 0.717) is 55.7 Å². The van der Waals surface area contributed by atoms with Crippen molar-refractivity contribution in [2.24, 2.45) is 0 Å². The molecule has 3 rings (SSSR count). The molecule has 1 fully saturated rings. The van der Waals surface area contributed by atoms with Crippen LogP contribution in [-0.4, -0.2) is 65.7 Å². The van der Waals surface area contributed by atoms with E-state index in [1.807, 2.05) is 11.9 Å². The van der Waals surface area contributed by atoms with Gasteiger partial charge in [0.2, 0.25) is 17.6 Å². The summed E-state index contributed by atoms with van der Waals surface area (Å²) in [6, 6.07) is 4.81. The lowest BCUT2D eigenvalue weighted by Crippen LogP contribution is -2.44. The fraction of sp³-hybridized carbons (Fsp3) is 0.471. The Kier molecular flexibility index (Phi) is 5.40. The molecule has 1 amide bonds. The minimum absolute atomic E-state index is 0.0474. The van der Waals surface area contributed by atoms with E-state index in [4.69, 9.17) is 9.26 Å². The van der Waals surface area contributed by atoms with Crippen LogP contribution in [0.5, 0.6) is 0 Å². The van der Waals surface area contributed by atoms with Gasteiger partial charge in [0.1, 0.15) is 5.82 Å². The molecule has 0 radical (unpaired) electrons. The molecule has 0 aliphatic carbocycles. The van der Waals surface area contributed by atoms with Crippen molar-refractivity contribution in [3.8, 4) is 11.4 Å². The largest absolute Gasteiger partial charge is 0.378 e. The fourth-order valence-electron chi connectivity index (χ4n) is 2.60. The zero-order valence-electron chi connectivity index (χ0n) is 14.4. The molecular formula is C17H21FN4O3. The number of carbonyl (C=O) groups is 1. The van der Waals surface area contributed by atoms with Gasteiger partial charge in [0.15, 0.2) is 0 Å². The number of hydrogen-bond acceptors (Lipinski definition) is 6. The van der Waals surface area contributed by atoms with E-state index in [9.17, 15) is 9.18 Å². The van der Waals surface area contributed by atoms with Crippen LogP contribution < -0.4 is 0 Å². The summed E-state index contributed by atoms with van der Waals surface area (Å²) in [5.41, 5.74) is 1.12. The van der Waals surface area contributed by atoms with E-state index in [0.717, 1.165) is 0 Å². The molecule has 134 valence electrons. The Morgan fingerprint density at radius 3 is 2.84 bits per heavy atom. The smallest absolute Gasteiger partial charge is 0.241 e. The summed E-state index contributed by atoms with van der Waals surface area (Å²) in [6.07, 6.45) is 0. The number of likely N-dealkylation sites (N-methyl/N-ethyl adjacent to an activating group) is 1. The van der Waals surface area contributed by atoms with E-state index in [1.54, 1.807) is 24.0 Å². The molecule has 0 saturated carbocycles.